The van der Waals surface area contributed by atoms with Crippen LogP contribution in [-0.4, -0.2) is 58.8 Å². The number of hydrogen-bond acceptors (Lipinski definition) is 5. The zero-order chi connectivity index (χ0) is 18.9. The summed E-state index contributed by atoms with van der Waals surface area (Å²) in [5.41, 5.74) is 1.01. The first-order valence-electron chi connectivity index (χ1n) is 9.40. The largest absolute Gasteiger partial charge is 0.491 e. The van der Waals surface area contributed by atoms with Gasteiger partial charge in [-0.2, -0.15) is 0 Å². The zero-order valence-corrected chi connectivity index (χ0v) is 16.4. The molecule has 0 radical (unpaired) electrons. The lowest BCUT2D eigenvalue weighted by molar-refractivity contribution is 0.00971. The molecule has 0 saturated heterocycles. The molecule has 0 aliphatic heterocycles. The molecule has 1 aromatic rings. The van der Waals surface area contributed by atoms with Gasteiger partial charge in [-0.05, 0) is 24.3 Å². The smallest absolute Gasteiger partial charge is 0.119 e. The molecule has 0 aliphatic rings. The van der Waals surface area contributed by atoms with E-state index in [2.05, 4.69) is 31.0 Å². The Morgan fingerprint density at radius 1 is 0.846 bits per heavy atom. The van der Waals surface area contributed by atoms with E-state index in [0.29, 0.717) is 52.3 Å². The van der Waals surface area contributed by atoms with Crippen LogP contribution < -0.4 is 10.1 Å². The van der Waals surface area contributed by atoms with Gasteiger partial charge in [0.25, 0.3) is 0 Å². The number of rotatable bonds is 14. The molecular weight excluding hydrogens is 330 g/mol. The first-order valence-corrected chi connectivity index (χ1v) is 9.40. The van der Waals surface area contributed by atoms with Crippen molar-refractivity contribution < 1.29 is 18.9 Å². The van der Waals surface area contributed by atoms with Gasteiger partial charge in [-0.25, -0.2) is 0 Å². The monoisotopic (exact) mass is 363 g/mol. The molecule has 0 spiro atoms. The van der Waals surface area contributed by atoms with Crippen molar-refractivity contribution in [2.45, 2.75) is 33.2 Å². The van der Waals surface area contributed by atoms with E-state index in [-0.39, 0.29) is 0 Å². The Bertz CT molecular complexity index is 505. The maximum Gasteiger partial charge on any atom is 0.119 e. The van der Waals surface area contributed by atoms with Gasteiger partial charge in [0.05, 0.1) is 39.6 Å². The lowest BCUT2D eigenvalue weighted by Gasteiger charge is -2.09. The summed E-state index contributed by atoms with van der Waals surface area (Å²) < 4.78 is 22.0. The third-order valence-electron chi connectivity index (χ3n) is 3.30. The Morgan fingerprint density at radius 3 is 2.00 bits per heavy atom. The van der Waals surface area contributed by atoms with E-state index in [1.165, 1.54) is 0 Å². The molecule has 1 N–H and O–H groups in total. The minimum atomic E-state index is 0.496. The van der Waals surface area contributed by atoms with Crippen LogP contribution in [0.15, 0.2) is 24.3 Å². The van der Waals surface area contributed by atoms with Gasteiger partial charge >= 0.3 is 0 Å². The Labute approximate surface area is 158 Å². The molecule has 0 saturated carbocycles. The fourth-order valence-corrected chi connectivity index (χ4v) is 2.01. The van der Waals surface area contributed by atoms with Crippen LogP contribution in [0.2, 0.25) is 0 Å². The summed E-state index contributed by atoms with van der Waals surface area (Å²) in [7, 11) is 0. The number of hydrogen-bond donors (Lipinski definition) is 1. The second kappa shape index (κ2) is 15.7. The average Bonchev–Trinajstić information content (AvgIpc) is 2.64. The highest BCUT2D eigenvalue weighted by Crippen LogP contribution is 2.11. The summed E-state index contributed by atoms with van der Waals surface area (Å²) in [6, 6.07) is 8.29. The minimum absolute atomic E-state index is 0.496. The van der Waals surface area contributed by atoms with E-state index < -0.39 is 0 Å². The van der Waals surface area contributed by atoms with E-state index in [1.807, 2.05) is 31.2 Å². The molecule has 26 heavy (non-hydrogen) atoms. The molecule has 1 rings (SSSR count). The van der Waals surface area contributed by atoms with Crippen molar-refractivity contribution in [2.75, 3.05) is 52.8 Å². The molecule has 5 heteroatoms. The fourth-order valence-electron chi connectivity index (χ4n) is 2.01. The molecule has 0 aromatic heterocycles. The van der Waals surface area contributed by atoms with Crippen LogP contribution in [-0.2, 0) is 14.2 Å². The van der Waals surface area contributed by atoms with Gasteiger partial charge in [0.2, 0.25) is 0 Å². The third-order valence-corrected chi connectivity index (χ3v) is 3.30. The Hall–Kier alpha value is -1.58. The van der Waals surface area contributed by atoms with E-state index >= 15 is 0 Å². The van der Waals surface area contributed by atoms with Crippen LogP contribution >= 0.6 is 0 Å². The second-order valence-electron chi connectivity index (χ2n) is 5.97. The molecule has 0 bridgehead atoms. The van der Waals surface area contributed by atoms with Crippen molar-refractivity contribution in [3.05, 3.63) is 29.8 Å². The summed E-state index contributed by atoms with van der Waals surface area (Å²) in [6.45, 7) is 11.2. The highest BCUT2D eigenvalue weighted by Gasteiger charge is 1.96. The van der Waals surface area contributed by atoms with Crippen LogP contribution in [0, 0.1) is 11.8 Å². The number of benzene rings is 1. The number of ether oxygens (including phenoxy) is 4. The first-order chi connectivity index (χ1) is 12.7. The van der Waals surface area contributed by atoms with Gasteiger partial charge in [-0.15, -0.1) is 0 Å². The molecule has 0 aliphatic carbocycles. The molecule has 0 fully saturated rings. The van der Waals surface area contributed by atoms with Crippen LogP contribution in [0.4, 0.5) is 0 Å². The van der Waals surface area contributed by atoms with Gasteiger partial charge in [-0.3, -0.25) is 0 Å². The second-order valence-corrected chi connectivity index (χ2v) is 5.97. The van der Waals surface area contributed by atoms with Gasteiger partial charge in [-0.1, -0.05) is 32.6 Å². The Kier molecular flexibility index (Phi) is 13.5. The van der Waals surface area contributed by atoms with Crippen molar-refractivity contribution in [1.82, 2.24) is 5.32 Å². The van der Waals surface area contributed by atoms with Crippen LogP contribution in [0.3, 0.4) is 0 Å². The fraction of sp³-hybridized carbons (Fsp3) is 0.619. The van der Waals surface area contributed by atoms with Crippen LogP contribution in [0.25, 0.3) is 0 Å². The first kappa shape index (κ1) is 22.5. The molecule has 0 amide bonds. The summed E-state index contributed by atoms with van der Waals surface area (Å²) in [4.78, 5) is 0. The number of nitrogens with one attached hydrogen (secondary N) is 1. The predicted molar refractivity (Wildman–Crippen MR) is 105 cm³/mol. The lowest BCUT2D eigenvalue weighted by atomic mass is 10.2. The van der Waals surface area contributed by atoms with Crippen molar-refractivity contribution >= 4 is 0 Å². The van der Waals surface area contributed by atoms with Gasteiger partial charge < -0.3 is 24.3 Å². The highest BCUT2D eigenvalue weighted by molar-refractivity contribution is 5.38. The molecular formula is C21H33NO4. The Morgan fingerprint density at radius 2 is 1.42 bits per heavy atom. The summed E-state index contributed by atoms with van der Waals surface area (Å²) in [5, 5.41) is 3.30. The topological polar surface area (TPSA) is 49.0 Å². The Balaban J connectivity index is 1.89. The molecule has 0 atom stereocenters. The van der Waals surface area contributed by atoms with Gasteiger partial charge in [0.15, 0.2) is 0 Å². The summed E-state index contributed by atoms with van der Waals surface area (Å²) in [6.07, 6.45) is 0.863. The van der Waals surface area contributed by atoms with Crippen molar-refractivity contribution in [3.8, 4) is 17.6 Å². The lowest BCUT2D eigenvalue weighted by Crippen LogP contribution is -2.27. The maximum absolute atomic E-state index is 5.62. The summed E-state index contributed by atoms with van der Waals surface area (Å²) in [5.74, 6) is 6.96. The van der Waals surface area contributed by atoms with Crippen LogP contribution in [0.1, 0.15) is 32.8 Å². The maximum atomic E-state index is 5.62. The normalized spacial score (nSPS) is 10.6. The summed E-state index contributed by atoms with van der Waals surface area (Å²) >= 11 is 0. The quantitative estimate of drug-likeness (QED) is 0.407. The molecule has 1 aromatic carbocycles. The van der Waals surface area contributed by atoms with Crippen LogP contribution in [0.5, 0.6) is 5.75 Å². The molecule has 146 valence electrons. The minimum Gasteiger partial charge on any atom is -0.491 e. The average molecular weight is 363 g/mol. The van der Waals surface area contributed by atoms with E-state index in [1.54, 1.807) is 0 Å². The molecule has 0 unspecified atom stereocenters. The molecule has 5 nitrogen and oxygen atoms in total. The van der Waals surface area contributed by atoms with Crippen molar-refractivity contribution in [3.63, 3.8) is 0 Å². The zero-order valence-electron chi connectivity index (χ0n) is 16.4. The van der Waals surface area contributed by atoms with Crippen molar-refractivity contribution in [1.29, 1.82) is 0 Å². The van der Waals surface area contributed by atoms with E-state index in [9.17, 15) is 0 Å². The third kappa shape index (κ3) is 12.7. The molecule has 0 heterocycles. The van der Waals surface area contributed by atoms with Crippen molar-refractivity contribution in [2.24, 2.45) is 0 Å². The highest BCUT2D eigenvalue weighted by atomic mass is 16.6. The SMILES string of the molecule is CCC#Cc1ccc(OCCOCCOCCOCCNC(C)C)cc1. The van der Waals surface area contributed by atoms with E-state index in [0.717, 1.165) is 24.3 Å². The van der Waals surface area contributed by atoms with Gasteiger partial charge in [0, 0.05) is 24.6 Å². The van der Waals surface area contributed by atoms with Gasteiger partial charge in [0.1, 0.15) is 12.4 Å². The van der Waals surface area contributed by atoms with E-state index in [4.69, 9.17) is 18.9 Å². The standard InChI is InChI=1S/C21H33NO4/c1-4-5-6-20-7-9-21(10-8-20)26-18-17-25-16-15-24-14-13-23-12-11-22-19(2)3/h7-10,19,22H,4,11-18H2,1-3H3. The predicted octanol–water partition coefficient (Wildman–Crippen LogP) is 2.87.